The molecule has 0 bridgehead atoms. The standard InChI is InChI=1S/C24H24ClNO.C24H23ClOS/c25-16-15-23(19-7-3-1-4-8-19)24(20-9-5-2-6-10-20)21-11-13-22(14-12-21)26-17-18-27;25-16-15-23(19-7-3-1-4-8-19)24(20-9-5-2-6-10-20)21-11-13-22(14-12-21)27-18-17-26/h1-14,26-27H,15-18H2;1-14,26H,15-18H2/b2*24-23-. The first kappa shape index (κ1) is 40.6. The topological polar surface area (TPSA) is 52.5 Å². The maximum Gasteiger partial charge on any atom is 0.0604 e. The van der Waals surface area contributed by atoms with Gasteiger partial charge >= 0.3 is 0 Å². The lowest BCUT2D eigenvalue weighted by atomic mass is 9.88. The minimum atomic E-state index is 0.116. The third-order valence-electron chi connectivity index (χ3n) is 8.78. The predicted octanol–water partition coefficient (Wildman–Crippen LogP) is 12.0. The van der Waals surface area contributed by atoms with Gasteiger partial charge < -0.3 is 15.5 Å². The molecule has 0 amide bonds. The van der Waals surface area contributed by atoms with Crippen molar-refractivity contribution in [2.24, 2.45) is 0 Å². The van der Waals surface area contributed by atoms with E-state index in [1.807, 2.05) is 24.3 Å². The molecule has 6 aromatic rings. The summed E-state index contributed by atoms with van der Waals surface area (Å²) < 4.78 is 0. The molecular formula is C48H47Cl2NO2S. The number of anilines is 1. The lowest BCUT2D eigenvalue weighted by molar-refractivity contribution is 0.311. The van der Waals surface area contributed by atoms with Gasteiger partial charge in [-0.2, -0.15) is 0 Å². The summed E-state index contributed by atoms with van der Waals surface area (Å²) in [5.41, 5.74) is 13.0. The van der Waals surface area contributed by atoms with Crippen molar-refractivity contribution >= 4 is 62.9 Å². The number of nitrogens with one attached hydrogen (secondary N) is 1. The zero-order valence-corrected chi connectivity index (χ0v) is 32.7. The highest BCUT2D eigenvalue weighted by Gasteiger charge is 2.15. The number of halogens is 2. The van der Waals surface area contributed by atoms with E-state index >= 15 is 0 Å². The second-order valence-electron chi connectivity index (χ2n) is 12.4. The SMILES string of the molecule is OCCNc1ccc(/C(=C(/CCCl)c2ccccc2)c2ccccc2)cc1.OCCSc1ccc(/C(=C(/CCCl)c2ccccc2)c2ccccc2)cc1. The van der Waals surface area contributed by atoms with Gasteiger partial charge in [0.2, 0.25) is 0 Å². The van der Waals surface area contributed by atoms with E-state index in [-0.39, 0.29) is 13.2 Å². The number of hydrogen-bond acceptors (Lipinski definition) is 4. The van der Waals surface area contributed by atoms with Gasteiger partial charge in [0.1, 0.15) is 0 Å². The van der Waals surface area contributed by atoms with Crippen LogP contribution in [0.3, 0.4) is 0 Å². The van der Waals surface area contributed by atoms with Crippen LogP contribution < -0.4 is 5.32 Å². The highest BCUT2D eigenvalue weighted by Crippen LogP contribution is 2.37. The van der Waals surface area contributed by atoms with E-state index in [1.165, 1.54) is 55.0 Å². The normalized spacial score (nSPS) is 11.9. The van der Waals surface area contributed by atoms with Crippen LogP contribution in [0.15, 0.2) is 175 Å². The number of rotatable bonds is 16. The smallest absolute Gasteiger partial charge is 0.0604 e. The molecule has 0 unspecified atom stereocenters. The molecule has 0 aliphatic heterocycles. The second kappa shape index (κ2) is 22.6. The van der Waals surface area contributed by atoms with Crippen molar-refractivity contribution in [3.05, 3.63) is 203 Å². The maximum absolute atomic E-state index is 9.04. The Bertz CT molecular complexity index is 1870. The van der Waals surface area contributed by atoms with Gasteiger partial charge in [0.05, 0.1) is 13.2 Å². The van der Waals surface area contributed by atoms with Gasteiger partial charge in [0.25, 0.3) is 0 Å². The molecule has 0 aliphatic rings. The average molecular weight is 773 g/mol. The highest BCUT2D eigenvalue weighted by molar-refractivity contribution is 7.99. The third-order valence-corrected chi connectivity index (χ3v) is 10.1. The molecule has 3 nitrogen and oxygen atoms in total. The van der Waals surface area contributed by atoms with E-state index in [4.69, 9.17) is 33.4 Å². The molecule has 0 atom stereocenters. The third kappa shape index (κ3) is 11.7. The maximum atomic E-state index is 9.04. The van der Waals surface area contributed by atoms with E-state index < -0.39 is 0 Å². The first-order valence-corrected chi connectivity index (χ1v) is 20.3. The first-order chi connectivity index (χ1) is 26.7. The Morgan fingerprint density at radius 3 is 1.19 bits per heavy atom. The van der Waals surface area contributed by atoms with Crippen molar-refractivity contribution < 1.29 is 10.2 Å². The van der Waals surface area contributed by atoms with Crippen molar-refractivity contribution in [3.8, 4) is 0 Å². The Morgan fingerprint density at radius 2 is 0.815 bits per heavy atom. The van der Waals surface area contributed by atoms with Crippen molar-refractivity contribution in [2.75, 3.05) is 42.6 Å². The van der Waals surface area contributed by atoms with E-state index in [2.05, 4.69) is 151 Å². The Morgan fingerprint density at radius 1 is 0.444 bits per heavy atom. The lowest BCUT2D eigenvalue weighted by Gasteiger charge is -2.17. The van der Waals surface area contributed by atoms with Crippen molar-refractivity contribution in [2.45, 2.75) is 17.7 Å². The Kier molecular flexibility index (Phi) is 17.0. The number of aliphatic hydroxyl groups is 2. The van der Waals surface area contributed by atoms with Crippen LogP contribution in [0.2, 0.25) is 0 Å². The number of thioether (sulfide) groups is 1. The average Bonchev–Trinajstić information content (AvgIpc) is 3.24. The van der Waals surface area contributed by atoms with Gasteiger partial charge in [-0.1, -0.05) is 146 Å². The number of aliphatic hydroxyl groups excluding tert-OH is 2. The molecule has 0 spiro atoms. The molecule has 6 heteroatoms. The van der Waals surface area contributed by atoms with Gasteiger partial charge in [-0.25, -0.2) is 0 Å². The van der Waals surface area contributed by atoms with Crippen LogP contribution in [0.5, 0.6) is 0 Å². The van der Waals surface area contributed by atoms with Gasteiger partial charge in [0.15, 0.2) is 0 Å². The van der Waals surface area contributed by atoms with Crippen LogP contribution in [0.1, 0.15) is 46.2 Å². The quantitative estimate of drug-likeness (QED) is 0.0521. The van der Waals surface area contributed by atoms with E-state index in [9.17, 15) is 0 Å². The fourth-order valence-electron chi connectivity index (χ4n) is 6.37. The number of benzene rings is 6. The fourth-order valence-corrected chi connectivity index (χ4v) is 7.40. The van der Waals surface area contributed by atoms with Crippen LogP contribution >= 0.6 is 35.0 Å². The van der Waals surface area contributed by atoms with Gasteiger partial charge in [-0.3, -0.25) is 0 Å². The molecule has 0 radical (unpaired) electrons. The van der Waals surface area contributed by atoms with Crippen LogP contribution in [0.25, 0.3) is 22.3 Å². The number of allylic oxidation sites excluding steroid dienone is 2. The van der Waals surface area contributed by atoms with Crippen LogP contribution in [0, 0.1) is 0 Å². The molecule has 0 fully saturated rings. The zero-order chi connectivity index (χ0) is 37.8. The minimum Gasteiger partial charge on any atom is -0.396 e. The predicted molar refractivity (Wildman–Crippen MR) is 235 cm³/mol. The Labute approximate surface area is 335 Å². The van der Waals surface area contributed by atoms with Crippen molar-refractivity contribution in [1.29, 1.82) is 0 Å². The summed E-state index contributed by atoms with van der Waals surface area (Å²) in [5.74, 6) is 1.85. The lowest BCUT2D eigenvalue weighted by Crippen LogP contribution is -2.05. The van der Waals surface area contributed by atoms with Crippen molar-refractivity contribution in [3.63, 3.8) is 0 Å². The monoisotopic (exact) mass is 771 g/mol. The fraction of sp³-hybridized carbons (Fsp3) is 0.167. The number of alkyl halides is 2. The second-order valence-corrected chi connectivity index (χ2v) is 14.3. The van der Waals surface area contributed by atoms with E-state index in [0.29, 0.717) is 24.1 Å². The molecular weight excluding hydrogens is 726 g/mol. The molecule has 3 N–H and O–H groups in total. The summed E-state index contributed by atoms with van der Waals surface area (Å²) in [4.78, 5) is 1.17. The van der Waals surface area contributed by atoms with Crippen LogP contribution in [-0.2, 0) is 0 Å². The van der Waals surface area contributed by atoms with Crippen molar-refractivity contribution in [1.82, 2.24) is 0 Å². The van der Waals surface area contributed by atoms with E-state index in [0.717, 1.165) is 24.1 Å². The minimum absolute atomic E-state index is 0.116. The molecule has 0 saturated heterocycles. The number of hydrogen-bond donors (Lipinski definition) is 3. The largest absolute Gasteiger partial charge is 0.396 e. The molecule has 54 heavy (non-hydrogen) atoms. The summed E-state index contributed by atoms with van der Waals surface area (Å²) in [5, 5.41) is 21.2. The Hall–Kier alpha value is -4.55. The molecule has 6 rings (SSSR count). The van der Waals surface area contributed by atoms with Gasteiger partial charge in [0, 0.05) is 34.6 Å². The highest BCUT2D eigenvalue weighted by atomic mass is 35.5. The summed E-state index contributed by atoms with van der Waals surface area (Å²) >= 11 is 14.0. The Balaban J connectivity index is 0.000000208. The molecule has 0 saturated carbocycles. The van der Waals surface area contributed by atoms with Gasteiger partial charge in [-0.15, -0.1) is 35.0 Å². The molecule has 276 valence electrons. The summed E-state index contributed by atoms with van der Waals surface area (Å²) in [6.45, 7) is 0.850. The first-order valence-electron chi connectivity index (χ1n) is 18.3. The zero-order valence-electron chi connectivity index (χ0n) is 30.4. The summed E-state index contributed by atoms with van der Waals surface area (Å²) in [7, 11) is 0. The molecule has 6 aromatic carbocycles. The molecule has 0 aliphatic carbocycles. The van der Waals surface area contributed by atoms with Gasteiger partial charge in [-0.05, 0) is 92.8 Å². The molecule has 0 aromatic heterocycles. The molecule has 0 heterocycles. The summed E-state index contributed by atoms with van der Waals surface area (Å²) in [6, 6.07) is 58.8. The van der Waals surface area contributed by atoms with Crippen LogP contribution in [0.4, 0.5) is 5.69 Å². The summed E-state index contributed by atoms with van der Waals surface area (Å²) in [6.07, 6.45) is 1.59. The van der Waals surface area contributed by atoms with E-state index in [1.54, 1.807) is 11.8 Å². The van der Waals surface area contributed by atoms with Crippen LogP contribution in [-0.4, -0.2) is 47.5 Å².